The van der Waals surface area contributed by atoms with Gasteiger partial charge in [-0.05, 0) is 36.4 Å². The molecule has 0 atom stereocenters. The number of nitrogens with zero attached hydrogens (tertiary/aromatic N) is 1. The van der Waals surface area contributed by atoms with Gasteiger partial charge < -0.3 is 10.0 Å². The molecule has 0 fully saturated rings. The van der Waals surface area contributed by atoms with Gasteiger partial charge in [-0.15, -0.1) is 0 Å². The van der Waals surface area contributed by atoms with E-state index >= 15 is 0 Å². The quantitative estimate of drug-likeness (QED) is 0.541. The summed E-state index contributed by atoms with van der Waals surface area (Å²) >= 11 is 0. The number of alkyl halides is 6. The van der Waals surface area contributed by atoms with Crippen molar-refractivity contribution in [2.45, 2.75) is 24.4 Å². The van der Waals surface area contributed by atoms with Crippen molar-refractivity contribution in [3.05, 3.63) is 72.2 Å². The van der Waals surface area contributed by atoms with Gasteiger partial charge in [-0.1, -0.05) is 18.7 Å². The summed E-state index contributed by atoms with van der Waals surface area (Å²) < 4.78 is 89.0. The summed E-state index contributed by atoms with van der Waals surface area (Å²) in [6.45, 7) is 3.35. The van der Waals surface area contributed by atoms with E-state index in [1.165, 1.54) is 7.05 Å². The Balaban J connectivity index is 3.09. The molecular formula is C18H16F7NO2. The molecule has 0 saturated heterocycles. The molecule has 28 heavy (non-hydrogen) atoms. The van der Waals surface area contributed by atoms with Crippen LogP contribution in [0.3, 0.4) is 0 Å². The first kappa shape index (κ1) is 23.4. The van der Waals surface area contributed by atoms with Crippen molar-refractivity contribution in [3.8, 4) is 0 Å². The van der Waals surface area contributed by atoms with Crippen LogP contribution >= 0.6 is 0 Å². The van der Waals surface area contributed by atoms with Crippen LogP contribution in [0.1, 0.15) is 16.8 Å². The van der Waals surface area contributed by atoms with Crippen molar-refractivity contribution >= 4 is 5.91 Å². The molecule has 1 amide bonds. The first-order chi connectivity index (χ1) is 12.7. The topological polar surface area (TPSA) is 40.5 Å². The molecule has 0 heterocycles. The highest BCUT2D eigenvalue weighted by Crippen LogP contribution is 2.45. The molecule has 0 aliphatic heterocycles. The van der Waals surface area contributed by atoms with Gasteiger partial charge in [0.2, 0.25) is 0 Å². The molecule has 3 nitrogen and oxygen atoms in total. The maximum absolute atomic E-state index is 12.9. The highest BCUT2D eigenvalue weighted by molar-refractivity contribution is 5.95. The summed E-state index contributed by atoms with van der Waals surface area (Å²) in [5, 5.41) is 9.12. The van der Waals surface area contributed by atoms with Crippen molar-refractivity contribution in [1.29, 1.82) is 0 Å². The molecule has 0 bridgehead atoms. The second kappa shape index (κ2) is 8.59. The van der Waals surface area contributed by atoms with Crippen molar-refractivity contribution in [2.24, 2.45) is 0 Å². The SMILES string of the molecule is C=C/C=C(\C=C/CC(O)(C(F)(F)F)C(F)(F)F)N(C)C(=O)c1ccc(F)cc1. The maximum Gasteiger partial charge on any atom is 0.426 e. The largest absolute Gasteiger partial charge is 0.426 e. The lowest BCUT2D eigenvalue weighted by atomic mass is 9.97. The lowest BCUT2D eigenvalue weighted by molar-refractivity contribution is -0.366. The van der Waals surface area contributed by atoms with Gasteiger partial charge in [0.05, 0.1) is 0 Å². The molecule has 1 aromatic rings. The third-order valence-electron chi connectivity index (χ3n) is 3.71. The molecule has 0 saturated carbocycles. The molecule has 0 spiro atoms. The molecule has 0 aromatic heterocycles. The molecule has 1 aromatic carbocycles. The van der Waals surface area contributed by atoms with Gasteiger partial charge in [0, 0.05) is 24.7 Å². The fourth-order valence-electron chi connectivity index (χ4n) is 2.05. The number of amides is 1. The molecule has 0 unspecified atom stereocenters. The van der Waals surface area contributed by atoms with E-state index in [1.54, 1.807) is 0 Å². The predicted octanol–water partition coefficient (Wildman–Crippen LogP) is 4.77. The number of halogens is 7. The highest BCUT2D eigenvalue weighted by atomic mass is 19.4. The summed E-state index contributed by atoms with van der Waals surface area (Å²) in [4.78, 5) is 13.3. The van der Waals surface area contributed by atoms with Crippen LogP contribution in [0, 0.1) is 5.82 Å². The fraction of sp³-hybridized carbons (Fsp3) is 0.278. The van der Waals surface area contributed by atoms with Crippen LogP contribution in [0.25, 0.3) is 0 Å². The Hall–Kier alpha value is -2.62. The Morgan fingerprint density at radius 3 is 2.04 bits per heavy atom. The van der Waals surface area contributed by atoms with E-state index in [0.717, 1.165) is 47.4 Å². The van der Waals surface area contributed by atoms with Gasteiger partial charge in [-0.3, -0.25) is 4.79 Å². The minimum atomic E-state index is -5.95. The average Bonchev–Trinajstić information content (AvgIpc) is 2.58. The number of carbonyl (C=O) groups is 1. The smallest absolute Gasteiger partial charge is 0.373 e. The van der Waals surface area contributed by atoms with Crippen molar-refractivity contribution in [1.82, 2.24) is 4.90 Å². The van der Waals surface area contributed by atoms with Crippen LogP contribution in [0.2, 0.25) is 0 Å². The summed E-state index contributed by atoms with van der Waals surface area (Å²) in [6.07, 6.45) is -10.1. The number of likely N-dealkylation sites (N-methyl/N-ethyl adjacent to an activating group) is 1. The molecule has 0 radical (unpaired) electrons. The minimum absolute atomic E-state index is 0.0364. The second-order valence-electron chi connectivity index (χ2n) is 5.66. The summed E-state index contributed by atoms with van der Waals surface area (Å²) in [6, 6.07) is 4.35. The van der Waals surface area contributed by atoms with Gasteiger partial charge >= 0.3 is 12.4 Å². The Morgan fingerprint density at radius 1 is 1.11 bits per heavy atom. The van der Waals surface area contributed by atoms with Gasteiger partial charge in [-0.25, -0.2) is 4.39 Å². The van der Waals surface area contributed by atoms with Gasteiger partial charge in [0.25, 0.3) is 11.5 Å². The van der Waals surface area contributed by atoms with E-state index in [9.17, 15) is 35.5 Å². The third kappa shape index (κ3) is 5.22. The Labute approximate surface area is 156 Å². The Bertz CT molecular complexity index is 748. The normalized spacial score (nSPS) is 13.7. The van der Waals surface area contributed by atoms with Crippen molar-refractivity contribution in [3.63, 3.8) is 0 Å². The van der Waals surface area contributed by atoms with Gasteiger partial charge in [0.15, 0.2) is 0 Å². The summed E-state index contributed by atoms with van der Waals surface area (Å²) in [5.41, 5.74) is -5.00. The molecule has 10 heteroatoms. The van der Waals surface area contributed by atoms with Crippen LogP contribution in [0.4, 0.5) is 30.7 Å². The van der Waals surface area contributed by atoms with Crippen molar-refractivity contribution < 1.29 is 40.6 Å². The number of benzene rings is 1. The first-order valence-corrected chi connectivity index (χ1v) is 7.63. The van der Waals surface area contributed by atoms with Crippen LogP contribution in [-0.2, 0) is 0 Å². The van der Waals surface area contributed by atoms with Crippen LogP contribution in [-0.4, -0.2) is 40.9 Å². The Morgan fingerprint density at radius 2 is 1.61 bits per heavy atom. The van der Waals surface area contributed by atoms with Crippen molar-refractivity contribution in [2.75, 3.05) is 7.05 Å². The second-order valence-corrected chi connectivity index (χ2v) is 5.66. The molecular weight excluding hydrogens is 395 g/mol. The Kier molecular flexibility index (Phi) is 7.19. The number of carbonyl (C=O) groups excluding carboxylic acids is 1. The van der Waals surface area contributed by atoms with E-state index in [4.69, 9.17) is 5.11 Å². The number of hydrogen-bond donors (Lipinski definition) is 1. The van der Waals surface area contributed by atoms with E-state index in [-0.39, 0.29) is 11.3 Å². The lowest BCUT2D eigenvalue weighted by Gasteiger charge is -2.31. The number of allylic oxidation sites excluding steroid dienone is 3. The van der Waals surface area contributed by atoms with Gasteiger partial charge in [-0.2, -0.15) is 26.3 Å². The standard InChI is InChI=1S/C18H16F7NO2/c1-3-5-14(26(2)15(27)12-7-9-13(19)10-8-12)6-4-11-16(28,17(20,21)22)18(23,24)25/h3-10,28H,1,11H2,2H3/b6-4-,14-5+. The number of aliphatic hydroxyl groups is 1. The predicted molar refractivity (Wildman–Crippen MR) is 87.6 cm³/mol. The first-order valence-electron chi connectivity index (χ1n) is 7.63. The number of hydrogen-bond acceptors (Lipinski definition) is 2. The zero-order valence-electron chi connectivity index (χ0n) is 14.5. The highest BCUT2D eigenvalue weighted by Gasteiger charge is 2.69. The fourth-order valence-corrected chi connectivity index (χ4v) is 2.05. The molecule has 154 valence electrons. The zero-order chi connectivity index (χ0) is 21.8. The third-order valence-corrected chi connectivity index (χ3v) is 3.71. The molecule has 1 N–H and O–H groups in total. The van der Waals surface area contributed by atoms with E-state index < -0.39 is 36.1 Å². The maximum atomic E-state index is 12.9. The average molecular weight is 411 g/mol. The van der Waals surface area contributed by atoms with Crippen LogP contribution < -0.4 is 0 Å². The monoisotopic (exact) mass is 411 g/mol. The number of rotatable bonds is 6. The van der Waals surface area contributed by atoms with Crippen LogP contribution in [0.5, 0.6) is 0 Å². The molecule has 1 rings (SSSR count). The minimum Gasteiger partial charge on any atom is -0.373 e. The zero-order valence-corrected chi connectivity index (χ0v) is 14.5. The van der Waals surface area contributed by atoms with Gasteiger partial charge in [0.1, 0.15) is 5.82 Å². The summed E-state index contributed by atoms with van der Waals surface area (Å²) in [5.74, 6) is -1.29. The summed E-state index contributed by atoms with van der Waals surface area (Å²) in [7, 11) is 1.21. The molecule has 0 aliphatic carbocycles. The van der Waals surface area contributed by atoms with Crippen LogP contribution in [0.15, 0.2) is 60.8 Å². The van der Waals surface area contributed by atoms with E-state index in [1.807, 2.05) is 0 Å². The molecule has 0 aliphatic rings. The van der Waals surface area contributed by atoms with E-state index in [2.05, 4.69) is 6.58 Å². The van der Waals surface area contributed by atoms with E-state index in [0.29, 0.717) is 6.08 Å². The lowest BCUT2D eigenvalue weighted by Crippen LogP contribution is -2.56.